The molecule has 1 heterocycles. The highest BCUT2D eigenvalue weighted by molar-refractivity contribution is 5.69. The van der Waals surface area contributed by atoms with Crippen molar-refractivity contribution in [2.75, 3.05) is 0 Å². The minimum absolute atomic E-state index is 0.0625. The van der Waals surface area contributed by atoms with Gasteiger partial charge in [-0.05, 0) is 0 Å². The zero-order chi connectivity index (χ0) is 9.14. The maximum atomic E-state index is 12.4. The zero-order valence-electron chi connectivity index (χ0n) is 6.00. The standard InChI is InChI=1S/C7H6FNO3/c8-6-3-5(10)1-4(9-6)2-7(11)12/h1,3H,2H2,(H,9,10)(H,11,12). The van der Waals surface area contributed by atoms with E-state index < -0.39 is 17.3 Å². The second kappa shape index (κ2) is 3.17. The van der Waals surface area contributed by atoms with Crippen molar-refractivity contribution in [1.82, 2.24) is 4.98 Å². The van der Waals surface area contributed by atoms with Gasteiger partial charge in [0.15, 0.2) is 11.4 Å². The summed E-state index contributed by atoms with van der Waals surface area (Å²) in [6.07, 6.45) is -0.382. The summed E-state index contributed by atoms with van der Waals surface area (Å²) >= 11 is 0. The fraction of sp³-hybridized carbons (Fsp3) is 0.143. The molecule has 64 valence electrons. The van der Waals surface area contributed by atoms with Crippen LogP contribution in [0.25, 0.3) is 0 Å². The molecule has 0 radical (unpaired) electrons. The lowest BCUT2D eigenvalue weighted by Gasteiger charge is -1.95. The van der Waals surface area contributed by atoms with Gasteiger partial charge in [0.25, 0.3) is 0 Å². The Balaban J connectivity index is 3.01. The van der Waals surface area contributed by atoms with Gasteiger partial charge in [0.05, 0.1) is 6.42 Å². The van der Waals surface area contributed by atoms with Crippen LogP contribution in [0, 0.1) is 5.95 Å². The number of aromatic amines is 1. The molecule has 0 aromatic carbocycles. The Bertz CT molecular complexity index is 358. The predicted molar refractivity (Wildman–Crippen MR) is 38.4 cm³/mol. The van der Waals surface area contributed by atoms with E-state index >= 15 is 0 Å². The Kier molecular flexibility index (Phi) is 2.23. The number of aliphatic carboxylic acids is 1. The monoisotopic (exact) mass is 171 g/mol. The van der Waals surface area contributed by atoms with Crippen LogP contribution >= 0.6 is 0 Å². The molecule has 0 saturated carbocycles. The molecule has 2 N–H and O–H groups in total. The summed E-state index contributed by atoms with van der Waals surface area (Å²) < 4.78 is 12.4. The third-order valence-corrected chi connectivity index (χ3v) is 1.21. The number of halogens is 1. The van der Waals surface area contributed by atoms with Crippen LogP contribution in [0.4, 0.5) is 4.39 Å². The van der Waals surface area contributed by atoms with Gasteiger partial charge in [-0.25, -0.2) is 0 Å². The van der Waals surface area contributed by atoms with Gasteiger partial charge >= 0.3 is 5.97 Å². The van der Waals surface area contributed by atoms with Gasteiger partial charge in [-0.1, -0.05) is 0 Å². The average molecular weight is 171 g/mol. The van der Waals surface area contributed by atoms with Crippen LogP contribution in [-0.4, -0.2) is 16.1 Å². The van der Waals surface area contributed by atoms with Gasteiger partial charge < -0.3 is 10.1 Å². The molecule has 0 spiro atoms. The van der Waals surface area contributed by atoms with Crippen LogP contribution < -0.4 is 5.43 Å². The van der Waals surface area contributed by atoms with Gasteiger partial charge in [0, 0.05) is 17.8 Å². The van der Waals surface area contributed by atoms with E-state index in [1.807, 2.05) is 0 Å². The number of rotatable bonds is 2. The summed E-state index contributed by atoms with van der Waals surface area (Å²) in [6, 6.07) is 1.81. The number of hydrogen-bond donors (Lipinski definition) is 2. The molecule has 0 fully saturated rings. The molecule has 0 atom stereocenters. The number of pyridine rings is 1. The van der Waals surface area contributed by atoms with E-state index in [0.717, 1.165) is 12.1 Å². The number of carboxylic acid groups (broad SMARTS) is 1. The zero-order valence-corrected chi connectivity index (χ0v) is 6.00. The van der Waals surface area contributed by atoms with E-state index in [0.29, 0.717) is 0 Å². The Labute approximate surface area is 66.7 Å². The normalized spacial score (nSPS) is 9.75. The number of carbonyl (C=O) groups is 1. The molecule has 0 aliphatic heterocycles. The van der Waals surface area contributed by atoms with Crippen molar-refractivity contribution in [2.24, 2.45) is 0 Å². The third-order valence-electron chi connectivity index (χ3n) is 1.21. The Morgan fingerprint density at radius 3 is 2.75 bits per heavy atom. The SMILES string of the molecule is O=C(O)Cc1cc(=O)cc(F)[nH]1. The summed E-state index contributed by atoms with van der Waals surface area (Å²) in [7, 11) is 0. The first-order valence-electron chi connectivity index (χ1n) is 3.18. The fourth-order valence-electron chi connectivity index (χ4n) is 0.822. The Hall–Kier alpha value is -1.65. The number of carboxylic acids is 1. The Morgan fingerprint density at radius 2 is 2.25 bits per heavy atom. The quantitative estimate of drug-likeness (QED) is 0.622. The molecule has 12 heavy (non-hydrogen) atoms. The first-order chi connectivity index (χ1) is 5.58. The smallest absolute Gasteiger partial charge is 0.309 e. The van der Waals surface area contributed by atoms with E-state index in [-0.39, 0.29) is 12.1 Å². The molecule has 0 aliphatic carbocycles. The summed E-state index contributed by atoms with van der Waals surface area (Å²) in [5.74, 6) is -1.94. The highest BCUT2D eigenvalue weighted by atomic mass is 19.1. The topological polar surface area (TPSA) is 70.2 Å². The molecule has 1 rings (SSSR count). The highest BCUT2D eigenvalue weighted by Gasteiger charge is 2.02. The van der Waals surface area contributed by atoms with Gasteiger partial charge in [-0.3, -0.25) is 9.59 Å². The molecule has 1 aromatic heterocycles. The van der Waals surface area contributed by atoms with Gasteiger partial charge in [0.1, 0.15) is 0 Å². The second-order valence-electron chi connectivity index (χ2n) is 2.26. The first kappa shape index (κ1) is 8.45. The van der Waals surface area contributed by atoms with Crippen molar-refractivity contribution >= 4 is 5.97 Å². The molecule has 4 nitrogen and oxygen atoms in total. The lowest BCUT2D eigenvalue weighted by atomic mass is 10.3. The van der Waals surface area contributed by atoms with Crippen molar-refractivity contribution < 1.29 is 14.3 Å². The molecule has 0 aliphatic rings. The molecular formula is C7H6FNO3. The summed E-state index contributed by atoms with van der Waals surface area (Å²) in [4.78, 5) is 22.9. The highest BCUT2D eigenvalue weighted by Crippen LogP contribution is 1.94. The number of H-pyrrole nitrogens is 1. The van der Waals surface area contributed by atoms with Crippen LogP contribution in [0.5, 0.6) is 0 Å². The summed E-state index contributed by atoms with van der Waals surface area (Å²) in [5, 5.41) is 8.30. The van der Waals surface area contributed by atoms with Crippen LogP contribution in [0.15, 0.2) is 16.9 Å². The van der Waals surface area contributed by atoms with Crippen molar-refractivity contribution in [3.05, 3.63) is 34.0 Å². The third kappa shape index (κ3) is 2.19. The maximum absolute atomic E-state index is 12.4. The minimum atomic E-state index is -1.11. The Morgan fingerprint density at radius 1 is 1.58 bits per heavy atom. The lowest BCUT2D eigenvalue weighted by molar-refractivity contribution is -0.136. The largest absolute Gasteiger partial charge is 0.481 e. The molecule has 0 amide bonds. The fourth-order valence-corrected chi connectivity index (χ4v) is 0.822. The second-order valence-corrected chi connectivity index (χ2v) is 2.26. The molecular weight excluding hydrogens is 165 g/mol. The average Bonchev–Trinajstić information content (AvgIpc) is 1.81. The van der Waals surface area contributed by atoms with Crippen molar-refractivity contribution in [1.29, 1.82) is 0 Å². The predicted octanol–water partition coefficient (Wildman–Crippen LogP) is 0.141. The summed E-state index contributed by atoms with van der Waals surface area (Å²) in [5.41, 5.74) is -0.477. The number of aromatic nitrogens is 1. The number of hydrogen-bond acceptors (Lipinski definition) is 2. The van der Waals surface area contributed by atoms with E-state index in [4.69, 9.17) is 5.11 Å². The van der Waals surface area contributed by atoms with Gasteiger partial charge in [-0.2, -0.15) is 4.39 Å². The van der Waals surface area contributed by atoms with E-state index in [1.54, 1.807) is 0 Å². The van der Waals surface area contributed by atoms with Crippen LogP contribution in [0.1, 0.15) is 5.69 Å². The molecule has 0 unspecified atom stereocenters. The van der Waals surface area contributed by atoms with Crippen molar-refractivity contribution in [2.45, 2.75) is 6.42 Å². The lowest BCUT2D eigenvalue weighted by Crippen LogP contribution is -2.09. The molecule has 0 saturated heterocycles. The van der Waals surface area contributed by atoms with E-state index in [9.17, 15) is 14.0 Å². The molecule has 1 aromatic rings. The summed E-state index contributed by atoms with van der Waals surface area (Å²) in [6.45, 7) is 0. The van der Waals surface area contributed by atoms with Gasteiger partial charge in [0.2, 0.25) is 0 Å². The van der Waals surface area contributed by atoms with Crippen molar-refractivity contribution in [3.8, 4) is 0 Å². The van der Waals surface area contributed by atoms with Crippen LogP contribution in [0.2, 0.25) is 0 Å². The maximum Gasteiger partial charge on any atom is 0.309 e. The van der Waals surface area contributed by atoms with Crippen molar-refractivity contribution in [3.63, 3.8) is 0 Å². The van der Waals surface area contributed by atoms with E-state index in [2.05, 4.69) is 4.98 Å². The van der Waals surface area contributed by atoms with Crippen LogP contribution in [0.3, 0.4) is 0 Å². The molecule has 0 bridgehead atoms. The molecule has 5 heteroatoms. The van der Waals surface area contributed by atoms with E-state index in [1.165, 1.54) is 0 Å². The first-order valence-corrected chi connectivity index (χ1v) is 3.18. The minimum Gasteiger partial charge on any atom is -0.481 e. The van der Waals surface area contributed by atoms with Gasteiger partial charge in [-0.15, -0.1) is 0 Å². The number of nitrogens with one attached hydrogen (secondary N) is 1. The van der Waals surface area contributed by atoms with Crippen LogP contribution in [-0.2, 0) is 11.2 Å².